The molecule has 0 saturated heterocycles. The normalized spacial score (nSPS) is 11.2. The van der Waals surface area contributed by atoms with E-state index >= 15 is 0 Å². The van der Waals surface area contributed by atoms with E-state index in [1.165, 1.54) is 51.4 Å². The molecule has 3 nitrogen and oxygen atoms in total. The van der Waals surface area contributed by atoms with Crippen molar-refractivity contribution in [2.45, 2.75) is 110 Å². The van der Waals surface area contributed by atoms with Gasteiger partial charge in [-0.05, 0) is 25.2 Å². The van der Waals surface area contributed by atoms with Gasteiger partial charge in [0.05, 0.1) is 6.61 Å². The molecule has 0 unspecified atom stereocenters. The number of hydrogen-bond acceptors (Lipinski definition) is 3. The number of hydrogen-bond donors (Lipinski definition) is 1. The molecule has 0 radical (unpaired) electrons. The smallest absolute Gasteiger partial charge is 0.305 e. The lowest BCUT2D eigenvalue weighted by Crippen LogP contribution is -2.10. The van der Waals surface area contributed by atoms with Crippen molar-refractivity contribution in [1.82, 2.24) is 0 Å². The van der Waals surface area contributed by atoms with E-state index in [0.717, 1.165) is 44.4 Å². The zero-order valence-corrected chi connectivity index (χ0v) is 16.4. The van der Waals surface area contributed by atoms with Crippen molar-refractivity contribution < 1.29 is 14.6 Å². The van der Waals surface area contributed by atoms with Crippen molar-refractivity contribution in [2.24, 2.45) is 5.92 Å². The van der Waals surface area contributed by atoms with Crippen LogP contribution in [0.25, 0.3) is 0 Å². The Morgan fingerprint density at radius 3 is 1.96 bits per heavy atom. The van der Waals surface area contributed by atoms with Crippen molar-refractivity contribution in [3.63, 3.8) is 0 Å². The van der Waals surface area contributed by atoms with Crippen LogP contribution >= 0.6 is 0 Å². The molecule has 0 rings (SSSR count). The predicted octanol–water partition coefficient (Wildman–Crippen LogP) is 6.03. The fourth-order valence-corrected chi connectivity index (χ4v) is 3.12. The van der Waals surface area contributed by atoms with Crippen LogP contribution in [-0.2, 0) is 9.53 Å². The van der Waals surface area contributed by atoms with E-state index < -0.39 is 0 Å². The molecule has 24 heavy (non-hydrogen) atoms. The van der Waals surface area contributed by atoms with Gasteiger partial charge in [-0.2, -0.15) is 0 Å². The predicted molar refractivity (Wildman–Crippen MR) is 102 cm³/mol. The van der Waals surface area contributed by atoms with Crippen LogP contribution in [0.3, 0.4) is 0 Å². The van der Waals surface area contributed by atoms with Gasteiger partial charge in [0, 0.05) is 13.0 Å². The van der Waals surface area contributed by atoms with Gasteiger partial charge in [0.25, 0.3) is 0 Å². The summed E-state index contributed by atoms with van der Waals surface area (Å²) in [5.74, 6) is 0.701. The van der Waals surface area contributed by atoms with E-state index in [1.807, 2.05) is 0 Å². The van der Waals surface area contributed by atoms with E-state index in [4.69, 9.17) is 9.84 Å². The van der Waals surface area contributed by atoms with Crippen LogP contribution in [0, 0.1) is 5.92 Å². The van der Waals surface area contributed by atoms with Gasteiger partial charge in [0.15, 0.2) is 0 Å². The largest absolute Gasteiger partial charge is 0.466 e. The Bertz CT molecular complexity index is 256. The Hall–Kier alpha value is -0.570. The number of aliphatic hydroxyl groups is 1. The first-order valence-corrected chi connectivity index (χ1v) is 10.5. The van der Waals surface area contributed by atoms with Crippen molar-refractivity contribution >= 4 is 5.97 Å². The molecule has 1 N–H and O–H groups in total. The molecule has 0 heterocycles. The van der Waals surface area contributed by atoms with Crippen molar-refractivity contribution in [2.75, 3.05) is 13.2 Å². The third-order valence-corrected chi connectivity index (χ3v) is 4.76. The number of ether oxygens (including phenoxy) is 1. The number of carbonyl (C=O) groups is 1. The second-order valence-corrected chi connectivity index (χ2v) is 7.11. The summed E-state index contributed by atoms with van der Waals surface area (Å²) in [7, 11) is 0. The molecule has 0 atom stereocenters. The van der Waals surface area contributed by atoms with Gasteiger partial charge in [-0.25, -0.2) is 0 Å². The molecule has 0 saturated carbocycles. The van der Waals surface area contributed by atoms with Gasteiger partial charge in [-0.3, -0.25) is 4.79 Å². The van der Waals surface area contributed by atoms with Crippen LogP contribution in [0.1, 0.15) is 110 Å². The fraction of sp³-hybridized carbons (Fsp3) is 0.952. The summed E-state index contributed by atoms with van der Waals surface area (Å²) in [6.45, 7) is 5.38. The van der Waals surface area contributed by atoms with E-state index in [9.17, 15) is 4.79 Å². The summed E-state index contributed by atoms with van der Waals surface area (Å²) in [6, 6.07) is 0. The van der Waals surface area contributed by atoms with Crippen LogP contribution in [0.2, 0.25) is 0 Å². The average molecular weight is 343 g/mol. The standard InChI is InChI=1S/C21H42O3/c1-3-5-10-14-20(15-11-6-4-2)17-19-24-21(23)16-12-8-7-9-13-18-22/h20,22H,3-19H2,1-2H3. The molecule has 0 spiro atoms. The van der Waals surface area contributed by atoms with Gasteiger partial charge in [0.2, 0.25) is 0 Å². The molecule has 3 heteroatoms. The molecule has 0 aromatic carbocycles. The molecule has 144 valence electrons. The Balaban J connectivity index is 3.71. The van der Waals surface area contributed by atoms with E-state index in [1.54, 1.807) is 0 Å². The maximum absolute atomic E-state index is 11.8. The van der Waals surface area contributed by atoms with Crippen molar-refractivity contribution in [1.29, 1.82) is 0 Å². The number of aliphatic hydroxyl groups excluding tert-OH is 1. The summed E-state index contributed by atoms with van der Waals surface area (Å²) >= 11 is 0. The van der Waals surface area contributed by atoms with Gasteiger partial charge < -0.3 is 9.84 Å². The summed E-state index contributed by atoms with van der Waals surface area (Å²) in [6.07, 6.45) is 17.0. The van der Waals surface area contributed by atoms with Gasteiger partial charge in [-0.1, -0.05) is 84.5 Å². The van der Waals surface area contributed by atoms with Crippen LogP contribution in [0.5, 0.6) is 0 Å². The minimum absolute atomic E-state index is 0.0296. The molecule has 0 aliphatic carbocycles. The SMILES string of the molecule is CCCCCC(CCCCC)CCOC(=O)CCCCCCCO. The molecule has 0 aromatic heterocycles. The molecule has 0 amide bonds. The summed E-state index contributed by atoms with van der Waals surface area (Å²) in [5.41, 5.74) is 0. The van der Waals surface area contributed by atoms with Crippen LogP contribution in [0.4, 0.5) is 0 Å². The lowest BCUT2D eigenvalue weighted by Gasteiger charge is -2.16. The Morgan fingerprint density at radius 1 is 0.792 bits per heavy atom. The highest BCUT2D eigenvalue weighted by atomic mass is 16.5. The van der Waals surface area contributed by atoms with E-state index in [-0.39, 0.29) is 12.6 Å². The Kier molecular flexibility index (Phi) is 18.3. The first-order valence-electron chi connectivity index (χ1n) is 10.5. The molecular weight excluding hydrogens is 300 g/mol. The zero-order chi connectivity index (χ0) is 17.9. The highest BCUT2D eigenvalue weighted by molar-refractivity contribution is 5.69. The first kappa shape index (κ1) is 23.4. The van der Waals surface area contributed by atoms with Gasteiger partial charge in [-0.15, -0.1) is 0 Å². The summed E-state index contributed by atoms with van der Waals surface area (Å²) in [4.78, 5) is 11.8. The third-order valence-electron chi connectivity index (χ3n) is 4.76. The monoisotopic (exact) mass is 342 g/mol. The van der Waals surface area contributed by atoms with Crippen molar-refractivity contribution in [3.05, 3.63) is 0 Å². The van der Waals surface area contributed by atoms with Crippen LogP contribution in [0.15, 0.2) is 0 Å². The van der Waals surface area contributed by atoms with Gasteiger partial charge >= 0.3 is 5.97 Å². The highest BCUT2D eigenvalue weighted by Crippen LogP contribution is 2.21. The fourth-order valence-electron chi connectivity index (χ4n) is 3.12. The average Bonchev–Trinajstić information content (AvgIpc) is 2.58. The number of rotatable bonds is 18. The maximum Gasteiger partial charge on any atom is 0.305 e. The third kappa shape index (κ3) is 16.3. The molecule has 0 bridgehead atoms. The van der Waals surface area contributed by atoms with Crippen LogP contribution in [-0.4, -0.2) is 24.3 Å². The Morgan fingerprint density at radius 2 is 1.38 bits per heavy atom. The minimum atomic E-state index is -0.0296. The Labute approximate surface area is 150 Å². The van der Waals surface area contributed by atoms with Crippen LogP contribution < -0.4 is 0 Å². The summed E-state index contributed by atoms with van der Waals surface area (Å²) < 4.78 is 5.43. The van der Waals surface area contributed by atoms with E-state index in [2.05, 4.69) is 13.8 Å². The molecule has 0 fully saturated rings. The number of carbonyl (C=O) groups excluding carboxylic acids is 1. The molecule has 0 aliphatic rings. The first-order chi connectivity index (χ1) is 11.7. The topological polar surface area (TPSA) is 46.5 Å². The molecule has 0 aliphatic heterocycles. The maximum atomic E-state index is 11.8. The minimum Gasteiger partial charge on any atom is -0.466 e. The second-order valence-electron chi connectivity index (χ2n) is 7.11. The summed E-state index contributed by atoms with van der Waals surface area (Å²) in [5, 5.41) is 8.71. The zero-order valence-electron chi connectivity index (χ0n) is 16.4. The highest BCUT2D eigenvalue weighted by Gasteiger charge is 2.10. The second kappa shape index (κ2) is 18.8. The quantitative estimate of drug-likeness (QED) is 0.244. The number of esters is 1. The molecule has 0 aromatic rings. The van der Waals surface area contributed by atoms with E-state index in [0.29, 0.717) is 13.0 Å². The molecular formula is C21H42O3. The number of unbranched alkanes of at least 4 members (excludes halogenated alkanes) is 8. The lowest BCUT2D eigenvalue weighted by atomic mass is 9.92. The van der Waals surface area contributed by atoms with Crippen molar-refractivity contribution in [3.8, 4) is 0 Å². The lowest BCUT2D eigenvalue weighted by molar-refractivity contribution is -0.144. The van der Waals surface area contributed by atoms with Gasteiger partial charge in [0.1, 0.15) is 0 Å².